The number of rotatable bonds is 2. The average molecular weight is 270 g/mol. The Hall–Kier alpha value is -0.920. The molecule has 1 spiro atoms. The molecule has 1 atom stereocenters. The van der Waals surface area contributed by atoms with Crippen LogP contribution in [0.3, 0.4) is 0 Å². The van der Waals surface area contributed by atoms with E-state index in [1.165, 1.54) is 10.9 Å². The number of nitrogens with one attached hydrogen (secondary N) is 1. The van der Waals surface area contributed by atoms with Crippen LogP contribution >= 0.6 is 0 Å². The first kappa shape index (κ1) is 12.1. The average Bonchev–Trinajstić information content (AvgIpc) is 3.02. The molecule has 3 rings (SSSR count). The molecule has 1 N–H and O–H groups in total. The van der Waals surface area contributed by atoms with Crippen LogP contribution in [-0.4, -0.2) is 48.7 Å². The van der Waals surface area contributed by atoms with Crippen molar-refractivity contribution < 1.29 is 8.42 Å². The second kappa shape index (κ2) is 4.04. The zero-order valence-electron chi connectivity index (χ0n) is 10.5. The highest BCUT2D eigenvalue weighted by atomic mass is 32.2. The molecule has 2 saturated heterocycles. The molecule has 0 aromatic carbocycles. The number of hydrogen-bond donors (Lipinski definition) is 1. The van der Waals surface area contributed by atoms with Crippen molar-refractivity contribution >= 4 is 10.0 Å². The molecule has 100 valence electrons. The third-order valence-electron chi connectivity index (χ3n) is 4.12. The molecule has 0 radical (unpaired) electrons. The summed E-state index contributed by atoms with van der Waals surface area (Å²) >= 11 is 0. The van der Waals surface area contributed by atoms with Gasteiger partial charge in [0.15, 0.2) is 5.03 Å². The van der Waals surface area contributed by atoms with Crippen LogP contribution in [0.1, 0.15) is 12.8 Å². The van der Waals surface area contributed by atoms with Crippen LogP contribution in [0, 0.1) is 5.41 Å². The Morgan fingerprint density at radius 3 is 2.89 bits per heavy atom. The summed E-state index contributed by atoms with van der Waals surface area (Å²) in [5.74, 6) is 0. The molecule has 3 heterocycles. The zero-order valence-corrected chi connectivity index (χ0v) is 11.3. The smallest absolute Gasteiger partial charge is 0.260 e. The minimum atomic E-state index is -3.38. The predicted molar refractivity (Wildman–Crippen MR) is 66.5 cm³/mol. The fourth-order valence-corrected chi connectivity index (χ4v) is 4.64. The van der Waals surface area contributed by atoms with E-state index in [9.17, 15) is 8.42 Å². The summed E-state index contributed by atoms with van der Waals surface area (Å²) in [6.07, 6.45) is 3.55. The van der Waals surface area contributed by atoms with E-state index in [1.807, 2.05) is 0 Å². The van der Waals surface area contributed by atoms with Crippen molar-refractivity contribution in [1.82, 2.24) is 19.4 Å². The van der Waals surface area contributed by atoms with Crippen LogP contribution < -0.4 is 5.32 Å². The predicted octanol–water partition coefficient (Wildman–Crippen LogP) is -0.206. The van der Waals surface area contributed by atoms with E-state index >= 15 is 0 Å². The second-order valence-electron chi connectivity index (χ2n) is 5.31. The molecule has 0 saturated carbocycles. The maximum atomic E-state index is 12.5. The van der Waals surface area contributed by atoms with E-state index < -0.39 is 10.0 Å². The molecule has 18 heavy (non-hydrogen) atoms. The van der Waals surface area contributed by atoms with Gasteiger partial charge in [-0.2, -0.15) is 9.40 Å². The molecule has 0 aliphatic carbocycles. The van der Waals surface area contributed by atoms with Crippen molar-refractivity contribution in [2.45, 2.75) is 17.9 Å². The van der Waals surface area contributed by atoms with Crippen molar-refractivity contribution in [3.63, 3.8) is 0 Å². The van der Waals surface area contributed by atoms with Gasteiger partial charge in [-0.05, 0) is 30.9 Å². The fourth-order valence-electron chi connectivity index (χ4n) is 2.99. The lowest BCUT2D eigenvalue weighted by molar-refractivity contribution is 0.337. The van der Waals surface area contributed by atoms with Crippen LogP contribution in [0.15, 0.2) is 17.3 Å². The molecule has 2 aliphatic rings. The Morgan fingerprint density at radius 2 is 2.28 bits per heavy atom. The summed E-state index contributed by atoms with van der Waals surface area (Å²) in [5.41, 5.74) is 0.158. The third-order valence-corrected chi connectivity index (χ3v) is 6.04. The maximum Gasteiger partial charge on any atom is 0.260 e. The highest BCUT2D eigenvalue weighted by Gasteiger charge is 2.44. The molecule has 2 aliphatic heterocycles. The van der Waals surface area contributed by atoms with Crippen LogP contribution in [0.2, 0.25) is 0 Å². The van der Waals surface area contributed by atoms with Gasteiger partial charge in [-0.1, -0.05) is 0 Å². The zero-order chi connectivity index (χ0) is 12.8. The summed E-state index contributed by atoms with van der Waals surface area (Å²) in [4.78, 5) is 0. The molecular formula is C11H18N4O2S. The number of nitrogens with zero attached hydrogens (tertiary/aromatic N) is 3. The van der Waals surface area contributed by atoms with Crippen molar-refractivity contribution in [2.75, 3.05) is 26.2 Å². The Balaban J connectivity index is 1.86. The van der Waals surface area contributed by atoms with Gasteiger partial charge in [-0.25, -0.2) is 8.42 Å². The highest BCUT2D eigenvalue weighted by molar-refractivity contribution is 7.89. The first-order chi connectivity index (χ1) is 8.54. The number of hydrogen-bond acceptors (Lipinski definition) is 4. The lowest BCUT2D eigenvalue weighted by Crippen LogP contribution is -2.34. The largest absolute Gasteiger partial charge is 0.316 e. The summed E-state index contributed by atoms with van der Waals surface area (Å²) < 4.78 is 28.0. The molecule has 2 fully saturated rings. The van der Waals surface area contributed by atoms with Crippen molar-refractivity contribution in [3.8, 4) is 0 Å². The molecule has 1 aromatic rings. The van der Waals surface area contributed by atoms with Gasteiger partial charge in [0.05, 0.1) is 6.20 Å². The van der Waals surface area contributed by atoms with Crippen molar-refractivity contribution in [2.24, 2.45) is 12.5 Å². The van der Waals surface area contributed by atoms with E-state index in [2.05, 4.69) is 10.4 Å². The van der Waals surface area contributed by atoms with Gasteiger partial charge in [0.25, 0.3) is 10.0 Å². The highest BCUT2D eigenvalue weighted by Crippen LogP contribution is 2.38. The standard InChI is InChI=1S/C11H18N4O2S/c1-14-10(2-5-13-14)18(16,17)15-7-4-11(9-15)3-6-12-8-11/h2,5,12H,3-4,6-9H2,1H3. The van der Waals surface area contributed by atoms with Crippen LogP contribution in [0.5, 0.6) is 0 Å². The summed E-state index contributed by atoms with van der Waals surface area (Å²) in [5, 5.41) is 7.56. The Labute approximate surface area is 107 Å². The van der Waals surface area contributed by atoms with Gasteiger partial charge in [0.1, 0.15) is 0 Å². The van der Waals surface area contributed by atoms with Crippen LogP contribution in [-0.2, 0) is 17.1 Å². The lowest BCUT2D eigenvalue weighted by Gasteiger charge is -2.22. The summed E-state index contributed by atoms with van der Waals surface area (Å²) in [7, 11) is -1.72. The first-order valence-corrected chi connectivity index (χ1v) is 7.66. The van der Waals surface area contributed by atoms with E-state index in [1.54, 1.807) is 17.4 Å². The van der Waals surface area contributed by atoms with Crippen molar-refractivity contribution in [1.29, 1.82) is 0 Å². The number of aryl methyl sites for hydroxylation is 1. The van der Waals surface area contributed by atoms with E-state index in [0.717, 1.165) is 25.9 Å². The first-order valence-electron chi connectivity index (χ1n) is 6.22. The molecule has 0 amide bonds. The lowest BCUT2D eigenvalue weighted by atomic mass is 9.87. The molecular weight excluding hydrogens is 252 g/mol. The molecule has 1 aromatic heterocycles. The Kier molecular flexibility index (Phi) is 2.72. The third kappa shape index (κ3) is 1.77. The van der Waals surface area contributed by atoms with Crippen LogP contribution in [0.25, 0.3) is 0 Å². The normalized spacial score (nSPS) is 29.4. The number of aromatic nitrogens is 2. The van der Waals surface area contributed by atoms with Gasteiger partial charge < -0.3 is 5.32 Å². The second-order valence-corrected chi connectivity index (χ2v) is 7.19. The van der Waals surface area contributed by atoms with Gasteiger partial charge in [0, 0.05) is 26.7 Å². The van der Waals surface area contributed by atoms with Gasteiger partial charge in [-0.3, -0.25) is 4.68 Å². The summed E-state index contributed by atoms with van der Waals surface area (Å²) in [6.45, 7) is 3.19. The van der Waals surface area contributed by atoms with E-state index in [-0.39, 0.29) is 10.4 Å². The topological polar surface area (TPSA) is 67.2 Å². The molecule has 7 heteroatoms. The monoisotopic (exact) mass is 270 g/mol. The Bertz CT molecular complexity index is 545. The molecule has 6 nitrogen and oxygen atoms in total. The summed E-state index contributed by atoms with van der Waals surface area (Å²) in [6, 6.07) is 1.56. The van der Waals surface area contributed by atoms with E-state index in [0.29, 0.717) is 13.1 Å². The Morgan fingerprint density at radius 1 is 1.44 bits per heavy atom. The van der Waals surface area contributed by atoms with Gasteiger partial charge >= 0.3 is 0 Å². The quantitative estimate of drug-likeness (QED) is 0.808. The maximum absolute atomic E-state index is 12.5. The number of sulfonamides is 1. The SMILES string of the molecule is Cn1nccc1S(=O)(=O)N1CCC2(CCNC2)C1. The van der Waals surface area contributed by atoms with Gasteiger partial charge in [0.2, 0.25) is 0 Å². The molecule has 0 bridgehead atoms. The molecule has 1 unspecified atom stereocenters. The van der Waals surface area contributed by atoms with E-state index in [4.69, 9.17) is 0 Å². The minimum Gasteiger partial charge on any atom is -0.316 e. The van der Waals surface area contributed by atoms with Gasteiger partial charge in [-0.15, -0.1) is 0 Å². The van der Waals surface area contributed by atoms with Crippen LogP contribution in [0.4, 0.5) is 0 Å². The minimum absolute atomic E-state index is 0.158. The fraction of sp³-hybridized carbons (Fsp3) is 0.727. The van der Waals surface area contributed by atoms with Crippen molar-refractivity contribution in [3.05, 3.63) is 12.3 Å².